The summed E-state index contributed by atoms with van der Waals surface area (Å²) in [6.45, 7) is 12.0. The molecule has 0 bridgehead atoms. The van der Waals surface area contributed by atoms with Crippen LogP contribution in [0.4, 0.5) is 10.5 Å². The number of nitrogens with two attached hydrogens (primary N) is 1. The summed E-state index contributed by atoms with van der Waals surface area (Å²) in [7, 11) is -1.54. The molecular weight excluding hydrogens is 333 g/mol. The van der Waals surface area contributed by atoms with Crippen LogP contribution in [0.15, 0.2) is 6.07 Å². The van der Waals surface area contributed by atoms with Gasteiger partial charge in [-0.05, 0) is 62.8 Å². The van der Waals surface area contributed by atoms with Crippen molar-refractivity contribution in [3.8, 4) is 0 Å². The van der Waals surface area contributed by atoms with Crippen LogP contribution in [0.25, 0.3) is 0 Å². The molecule has 0 aromatic heterocycles. The summed E-state index contributed by atoms with van der Waals surface area (Å²) >= 11 is 0. The van der Waals surface area contributed by atoms with Gasteiger partial charge in [-0.2, -0.15) is 0 Å². The topological polar surface area (TPSA) is 99.3 Å². The highest BCUT2D eigenvalue weighted by molar-refractivity contribution is 6.60. The molecule has 1 aromatic rings. The summed E-state index contributed by atoms with van der Waals surface area (Å²) in [5.41, 5.74) is 9.31. The maximum atomic E-state index is 12.2. The van der Waals surface area contributed by atoms with Crippen LogP contribution in [0.5, 0.6) is 0 Å². The summed E-state index contributed by atoms with van der Waals surface area (Å²) in [6, 6.07) is 2.01. The molecule has 1 saturated heterocycles. The van der Waals surface area contributed by atoms with Crippen molar-refractivity contribution in [1.29, 1.82) is 0 Å². The first-order chi connectivity index (χ1) is 12.0. The second-order valence-corrected chi connectivity index (χ2v) is 7.75. The van der Waals surface area contributed by atoms with E-state index in [1.165, 1.54) is 0 Å². The Balaban J connectivity index is 2.19. The molecule has 0 radical (unpaired) electrons. The molecule has 1 aliphatic heterocycles. The average Bonchev–Trinajstić information content (AvgIpc) is 2.53. The molecule has 1 fully saturated rings. The summed E-state index contributed by atoms with van der Waals surface area (Å²) in [4.78, 5) is 16.1. The third-order valence-electron chi connectivity index (χ3n) is 4.74. The van der Waals surface area contributed by atoms with Crippen LogP contribution in [0.1, 0.15) is 37.5 Å². The number of benzene rings is 1. The van der Waals surface area contributed by atoms with E-state index in [1.54, 1.807) is 4.90 Å². The molecule has 4 N–H and O–H groups in total. The third-order valence-corrected chi connectivity index (χ3v) is 4.74. The first kappa shape index (κ1) is 20.5. The highest BCUT2D eigenvalue weighted by Gasteiger charge is 2.28. The standard InChI is InChI=1S/C18H30BN3O4/c1-12-14(11-20)10-15(13(2)16(12)19(24)25)21-6-8-22(9-7-21)17(23)26-18(3,4)5/h10,24-25H,6-9,11,20H2,1-5H3. The smallest absolute Gasteiger partial charge is 0.444 e. The van der Waals surface area contributed by atoms with Crippen molar-refractivity contribution >= 4 is 24.4 Å². The van der Waals surface area contributed by atoms with E-state index in [2.05, 4.69) is 4.90 Å². The molecule has 0 aliphatic carbocycles. The number of anilines is 1. The zero-order valence-corrected chi connectivity index (χ0v) is 16.4. The first-order valence-electron chi connectivity index (χ1n) is 8.97. The van der Waals surface area contributed by atoms with Crippen molar-refractivity contribution in [1.82, 2.24) is 4.90 Å². The fourth-order valence-electron chi connectivity index (χ4n) is 3.36. The lowest BCUT2D eigenvalue weighted by Crippen LogP contribution is -2.50. The largest absolute Gasteiger partial charge is 0.489 e. The van der Waals surface area contributed by atoms with Crippen molar-refractivity contribution in [2.24, 2.45) is 5.73 Å². The van der Waals surface area contributed by atoms with Gasteiger partial charge in [-0.3, -0.25) is 0 Å². The number of rotatable bonds is 3. The second-order valence-electron chi connectivity index (χ2n) is 7.75. The maximum Gasteiger partial charge on any atom is 0.489 e. The van der Waals surface area contributed by atoms with E-state index >= 15 is 0 Å². The molecule has 1 aliphatic rings. The minimum Gasteiger partial charge on any atom is -0.444 e. The lowest BCUT2D eigenvalue weighted by atomic mass is 9.72. The van der Waals surface area contributed by atoms with Gasteiger partial charge in [0.1, 0.15) is 5.60 Å². The Morgan fingerprint density at radius 1 is 1.19 bits per heavy atom. The molecule has 144 valence electrons. The van der Waals surface area contributed by atoms with Gasteiger partial charge in [-0.25, -0.2) is 4.79 Å². The van der Waals surface area contributed by atoms with Gasteiger partial charge in [0.05, 0.1) is 0 Å². The molecule has 0 unspecified atom stereocenters. The lowest BCUT2D eigenvalue weighted by molar-refractivity contribution is 0.0240. The Labute approximate surface area is 155 Å². The number of piperazine rings is 1. The average molecular weight is 363 g/mol. The van der Waals surface area contributed by atoms with Gasteiger partial charge in [0.15, 0.2) is 0 Å². The van der Waals surface area contributed by atoms with Crippen LogP contribution in [0.3, 0.4) is 0 Å². The number of ether oxygens (including phenoxy) is 1. The Morgan fingerprint density at radius 3 is 2.23 bits per heavy atom. The number of nitrogens with zero attached hydrogens (tertiary/aromatic N) is 2. The number of hydrogen-bond donors (Lipinski definition) is 3. The molecule has 2 rings (SSSR count). The monoisotopic (exact) mass is 363 g/mol. The zero-order chi connectivity index (χ0) is 19.6. The van der Waals surface area contributed by atoms with Gasteiger partial charge >= 0.3 is 13.2 Å². The van der Waals surface area contributed by atoms with E-state index < -0.39 is 12.7 Å². The highest BCUT2D eigenvalue weighted by atomic mass is 16.6. The second kappa shape index (κ2) is 7.86. The Kier molecular flexibility index (Phi) is 6.21. The minimum atomic E-state index is -1.54. The van der Waals surface area contributed by atoms with Crippen LogP contribution in [-0.4, -0.2) is 59.9 Å². The number of amides is 1. The van der Waals surface area contributed by atoms with E-state index in [0.717, 1.165) is 22.4 Å². The fourth-order valence-corrected chi connectivity index (χ4v) is 3.36. The van der Waals surface area contributed by atoms with Crippen LogP contribution in [0, 0.1) is 13.8 Å². The van der Waals surface area contributed by atoms with E-state index in [4.69, 9.17) is 10.5 Å². The van der Waals surface area contributed by atoms with Crippen LogP contribution in [-0.2, 0) is 11.3 Å². The predicted molar refractivity (Wildman–Crippen MR) is 104 cm³/mol. The lowest BCUT2D eigenvalue weighted by Gasteiger charge is -2.38. The number of hydrogen-bond acceptors (Lipinski definition) is 6. The molecule has 1 aromatic carbocycles. The van der Waals surface area contributed by atoms with Crippen molar-refractivity contribution < 1.29 is 19.6 Å². The number of carbonyl (C=O) groups excluding carboxylic acids is 1. The minimum absolute atomic E-state index is 0.299. The van der Waals surface area contributed by atoms with Crippen LogP contribution in [0.2, 0.25) is 0 Å². The van der Waals surface area contributed by atoms with Gasteiger partial charge in [-0.1, -0.05) is 0 Å². The summed E-state index contributed by atoms with van der Waals surface area (Å²) in [5.74, 6) is 0. The van der Waals surface area contributed by atoms with Gasteiger partial charge in [0.25, 0.3) is 0 Å². The van der Waals surface area contributed by atoms with E-state index in [0.29, 0.717) is 38.2 Å². The molecule has 1 heterocycles. The SMILES string of the molecule is Cc1c(CN)cc(N2CCN(C(=O)OC(C)(C)C)CC2)c(C)c1B(O)O. The van der Waals surface area contributed by atoms with Gasteiger partial charge in [0.2, 0.25) is 0 Å². The molecule has 1 amide bonds. The van der Waals surface area contributed by atoms with E-state index in [9.17, 15) is 14.8 Å². The Morgan fingerprint density at radius 2 is 1.77 bits per heavy atom. The molecule has 26 heavy (non-hydrogen) atoms. The quantitative estimate of drug-likeness (QED) is 0.677. The van der Waals surface area contributed by atoms with Gasteiger partial charge < -0.3 is 30.3 Å². The third kappa shape index (κ3) is 4.49. The summed E-state index contributed by atoms with van der Waals surface area (Å²) in [6.07, 6.45) is -0.299. The van der Waals surface area contributed by atoms with Crippen LogP contribution >= 0.6 is 0 Å². The molecule has 0 saturated carbocycles. The van der Waals surface area contributed by atoms with Crippen molar-refractivity contribution in [3.63, 3.8) is 0 Å². The van der Waals surface area contributed by atoms with E-state index in [-0.39, 0.29) is 6.09 Å². The maximum absolute atomic E-state index is 12.2. The zero-order valence-electron chi connectivity index (χ0n) is 16.4. The van der Waals surface area contributed by atoms with Crippen LogP contribution < -0.4 is 16.1 Å². The van der Waals surface area contributed by atoms with Crippen molar-refractivity contribution in [2.45, 2.75) is 46.8 Å². The molecular formula is C18H30BN3O4. The van der Waals surface area contributed by atoms with Crippen molar-refractivity contribution in [3.05, 3.63) is 22.8 Å². The molecule has 7 nitrogen and oxygen atoms in total. The normalized spacial score (nSPS) is 15.2. The first-order valence-corrected chi connectivity index (χ1v) is 8.97. The Bertz CT molecular complexity index is 665. The molecule has 8 heteroatoms. The van der Waals surface area contributed by atoms with Gasteiger partial charge in [0, 0.05) is 38.4 Å². The summed E-state index contributed by atoms with van der Waals surface area (Å²) in [5, 5.41) is 19.6. The fraction of sp³-hybridized carbons (Fsp3) is 0.611. The number of carbonyl (C=O) groups is 1. The highest BCUT2D eigenvalue weighted by Crippen LogP contribution is 2.25. The molecule has 0 atom stereocenters. The Hall–Kier alpha value is -1.77. The van der Waals surface area contributed by atoms with E-state index in [1.807, 2.05) is 40.7 Å². The predicted octanol–water partition coefficient (Wildman–Crippen LogP) is 0.499. The van der Waals surface area contributed by atoms with Gasteiger partial charge in [-0.15, -0.1) is 0 Å². The van der Waals surface area contributed by atoms with Crippen molar-refractivity contribution in [2.75, 3.05) is 31.1 Å². The summed E-state index contributed by atoms with van der Waals surface area (Å²) < 4.78 is 5.43. The molecule has 0 spiro atoms.